The van der Waals surface area contributed by atoms with E-state index in [0.29, 0.717) is 38.4 Å². The van der Waals surface area contributed by atoms with Crippen molar-refractivity contribution in [1.29, 1.82) is 0 Å². The summed E-state index contributed by atoms with van der Waals surface area (Å²) in [6, 6.07) is 13.7. The summed E-state index contributed by atoms with van der Waals surface area (Å²) in [5.74, 6) is -0.439. The van der Waals surface area contributed by atoms with E-state index < -0.39 is 17.2 Å². The van der Waals surface area contributed by atoms with E-state index in [-0.39, 0.29) is 13.2 Å². The van der Waals surface area contributed by atoms with Gasteiger partial charge in [-0.3, -0.25) is 0 Å². The third kappa shape index (κ3) is 3.63. The molecule has 0 radical (unpaired) electrons. The zero-order valence-electron chi connectivity index (χ0n) is 14.7. The third-order valence-electron chi connectivity index (χ3n) is 4.25. The molecule has 4 rings (SSSR count). The van der Waals surface area contributed by atoms with Crippen molar-refractivity contribution in [2.75, 3.05) is 13.2 Å². The molecule has 142 valence electrons. The van der Waals surface area contributed by atoms with Crippen LogP contribution in [0.1, 0.15) is 0 Å². The second-order valence-electron chi connectivity index (χ2n) is 6.04. The number of nitrogens with one attached hydrogen (secondary N) is 2. The smallest absolute Gasteiger partial charge is 0.181 e. The van der Waals surface area contributed by atoms with Gasteiger partial charge in [-0.25, -0.2) is 14.4 Å². The number of benzene rings is 2. The van der Waals surface area contributed by atoms with Crippen LogP contribution in [0.25, 0.3) is 33.5 Å². The summed E-state index contributed by atoms with van der Waals surface area (Å²) < 4.78 is 30.1. The molecule has 0 aliphatic heterocycles. The van der Waals surface area contributed by atoms with Gasteiger partial charge in [-0.1, -0.05) is 18.2 Å². The predicted molar refractivity (Wildman–Crippen MR) is 106 cm³/mol. The fourth-order valence-electron chi connectivity index (χ4n) is 2.93. The van der Waals surface area contributed by atoms with Crippen LogP contribution in [0.2, 0.25) is 0 Å². The van der Waals surface area contributed by atoms with E-state index in [9.17, 15) is 8.94 Å². The van der Waals surface area contributed by atoms with Crippen LogP contribution in [-0.2, 0) is 11.4 Å². The van der Waals surface area contributed by atoms with E-state index in [2.05, 4.69) is 19.7 Å². The molecule has 0 bridgehead atoms. The molecule has 3 N–H and O–H groups in total. The predicted octanol–water partition coefficient (Wildman–Crippen LogP) is 3.04. The Kier molecular flexibility index (Phi) is 5.36. The molecular weight excluding hydrogens is 379 g/mol. The monoisotopic (exact) mass is 396 g/mol. The molecule has 6 nitrogen and oxygen atoms in total. The van der Waals surface area contributed by atoms with Crippen LogP contribution in [0.5, 0.6) is 0 Å². The molecule has 0 aliphatic carbocycles. The van der Waals surface area contributed by atoms with Gasteiger partial charge in [-0.05, 0) is 35.9 Å². The second-order valence-corrected chi connectivity index (χ2v) is 7.31. The van der Waals surface area contributed by atoms with E-state index in [1.807, 2.05) is 0 Å². The molecule has 8 heteroatoms. The molecule has 1 atom stereocenters. The first kappa shape index (κ1) is 18.6. The maximum atomic E-state index is 14.9. The SMILES string of the molecule is [O-][S+](NCCO)c1ccccc1-c1ccc(-c2cnc3[nH]ccc3n2)c(F)c1. The van der Waals surface area contributed by atoms with Gasteiger partial charge in [0.2, 0.25) is 0 Å². The number of hydrogen-bond donors (Lipinski definition) is 3. The van der Waals surface area contributed by atoms with Crippen molar-refractivity contribution in [3.05, 3.63) is 66.7 Å². The van der Waals surface area contributed by atoms with Gasteiger partial charge >= 0.3 is 0 Å². The summed E-state index contributed by atoms with van der Waals surface area (Å²) in [4.78, 5) is 12.2. The quantitative estimate of drug-likeness (QED) is 0.435. The van der Waals surface area contributed by atoms with Gasteiger partial charge in [-0.15, -0.1) is 4.72 Å². The highest BCUT2D eigenvalue weighted by Crippen LogP contribution is 2.31. The molecule has 0 amide bonds. The second kappa shape index (κ2) is 8.07. The molecule has 2 aromatic carbocycles. The van der Waals surface area contributed by atoms with E-state index >= 15 is 0 Å². The molecule has 0 spiro atoms. The third-order valence-corrected chi connectivity index (χ3v) is 5.47. The fraction of sp³-hybridized carbons (Fsp3) is 0.100. The lowest BCUT2D eigenvalue weighted by atomic mass is 10.0. The number of aromatic nitrogens is 3. The maximum absolute atomic E-state index is 14.9. The molecular formula is C20H17FN4O2S. The van der Waals surface area contributed by atoms with E-state index in [0.717, 1.165) is 0 Å². The molecule has 2 aromatic heterocycles. The highest BCUT2D eigenvalue weighted by molar-refractivity contribution is 7.89. The zero-order valence-corrected chi connectivity index (χ0v) is 15.5. The Morgan fingerprint density at radius 3 is 2.82 bits per heavy atom. The minimum absolute atomic E-state index is 0.121. The lowest BCUT2D eigenvalue weighted by Gasteiger charge is -2.14. The minimum Gasteiger partial charge on any atom is -0.593 e. The van der Waals surface area contributed by atoms with E-state index in [1.54, 1.807) is 48.7 Å². The normalized spacial score (nSPS) is 12.4. The van der Waals surface area contributed by atoms with Crippen LogP contribution in [0.4, 0.5) is 4.39 Å². The van der Waals surface area contributed by atoms with Crippen LogP contribution in [0, 0.1) is 5.82 Å². The first-order chi connectivity index (χ1) is 13.7. The summed E-state index contributed by atoms with van der Waals surface area (Å²) in [5.41, 5.74) is 3.36. The average molecular weight is 396 g/mol. The van der Waals surface area contributed by atoms with Crippen molar-refractivity contribution >= 4 is 22.5 Å². The Morgan fingerprint density at radius 2 is 2.00 bits per heavy atom. The number of H-pyrrole nitrogens is 1. The minimum atomic E-state index is -1.51. The zero-order chi connectivity index (χ0) is 19.5. The van der Waals surface area contributed by atoms with Gasteiger partial charge < -0.3 is 14.6 Å². The number of fused-ring (bicyclic) bond motifs is 1. The van der Waals surface area contributed by atoms with Gasteiger partial charge in [0.25, 0.3) is 0 Å². The Hall–Kier alpha value is -2.78. The molecule has 2 heterocycles. The Labute approximate surface area is 163 Å². The summed E-state index contributed by atoms with van der Waals surface area (Å²) in [6.07, 6.45) is 3.26. The number of rotatable bonds is 6. The van der Waals surface area contributed by atoms with Crippen molar-refractivity contribution < 1.29 is 14.0 Å². The molecule has 1 unspecified atom stereocenters. The standard InChI is InChI=1S/C20H17FN4O2S/c21-16-11-13(14-3-1-2-4-19(14)28(27)24-9-10-26)5-6-15(16)18-12-23-20-17(25-18)7-8-22-20/h1-8,11-12,24,26H,9-10H2,(H,22,23). The van der Waals surface area contributed by atoms with Gasteiger partial charge in [0.15, 0.2) is 10.5 Å². The Balaban J connectivity index is 1.70. The number of hydrogen-bond acceptors (Lipinski definition) is 5. The summed E-state index contributed by atoms with van der Waals surface area (Å²) in [5, 5.41) is 8.92. The molecule has 28 heavy (non-hydrogen) atoms. The van der Waals surface area contributed by atoms with Crippen LogP contribution in [-0.4, -0.2) is 37.8 Å². The lowest BCUT2D eigenvalue weighted by Crippen LogP contribution is -2.27. The summed E-state index contributed by atoms with van der Waals surface area (Å²) in [7, 11) is 0. The molecule has 0 fully saturated rings. The van der Waals surface area contributed by atoms with Gasteiger partial charge in [-0.2, -0.15) is 0 Å². The van der Waals surface area contributed by atoms with Crippen molar-refractivity contribution in [1.82, 2.24) is 19.7 Å². The first-order valence-corrected chi connectivity index (χ1v) is 9.78. The topological polar surface area (TPSA) is 96.9 Å². The first-order valence-electron chi connectivity index (χ1n) is 8.63. The lowest BCUT2D eigenvalue weighted by molar-refractivity contribution is 0.301. The van der Waals surface area contributed by atoms with Crippen molar-refractivity contribution in [3.63, 3.8) is 0 Å². The molecule has 0 saturated carbocycles. The maximum Gasteiger partial charge on any atom is 0.181 e. The van der Waals surface area contributed by atoms with Crippen molar-refractivity contribution in [2.24, 2.45) is 0 Å². The summed E-state index contributed by atoms with van der Waals surface area (Å²) >= 11 is -1.51. The molecule has 4 aromatic rings. The number of aliphatic hydroxyl groups excluding tert-OH is 1. The molecule has 0 saturated heterocycles. The van der Waals surface area contributed by atoms with Gasteiger partial charge in [0.05, 0.1) is 36.4 Å². The van der Waals surface area contributed by atoms with Crippen molar-refractivity contribution in [3.8, 4) is 22.4 Å². The van der Waals surface area contributed by atoms with Crippen LogP contribution in [0.15, 0.2) is 65.8 Å². The molecule has 0 aliphatic rings. The van der Waals surface area contributed by atoms with Crippen LogP contribution < -0.4 is 4.72 Å². The number of aromatic amines is 1. The number of halogens is 1. The largest absolute Gasteiger partial charge is 0.593 e. The summed E-state index contributed by atoms with van der Waals surface area (Å²) in [6.45, 7) is 0.0816. The van der Waals surface area contributed by atoms with E-state index in [1.165, 1.54) is 12.3 Å². The average Bonchev–Trinajstić information content (AvgIpc) is 3.19. The Bertz CT molecular complexity index is 1120. The number of nitrogens with zero attached hydrogens (tertiary/aromatic N) is 2. The Morgan fingerprint density at radius 1 is 1.14 bits per heavy atom. The van der Waals surface area contributed by atoms with Crippen LogP contribution >= 0.6 is 0 Å². The van der Waals surface area contributed by atoms with E-state index in [4.69, 9.17) is 5.11 Å². The number of aliphatic hydroxyl groups is 1. The fourth-order valence-corrected chi connectivity index (χ4v) is 3.95. The van der Waals surface area contributed by atoms with Crippen LogP contribution in [0.3, 0.4) is 0 Å². The van der Waals surface area contributed by atoms with Gasteiger partial charge in [0, 0.05) is 17.3 Å². The van der Waals surface area contributed by atoms with Crippen molar-refractivity contribution in [2.45, 2.75) is 4.90 Å². The highest BCUT2D eigenvalue weighted by Gasteiger charge is 2.18. The van der Waals surface area contributed by atoms with Gasteiger partial charge in [0.1, 0.15) is 11.3 Å². The highest BCUT2D eigenvalue weighted by atomic mass is 32.2.